The lowest BCUT2D eigenvalue weighted by molar-refractivity contribution is 0.0885. The molecule has 0 aliphatic carbocycles. The topological polar surface area (TPSA) is 103 Å². The van der Waals surface area contributed by atoms with Crippen LogP contribution in [0.3, 0.4) is 0 Å². The Morgan fingerprint density at radius 2 is 1.74 bits per heavy atom. The van der Waals surface area contributed by atoms with Gasteiger partial charge in [0, 0.05) is 18.2 Å². The van der Waals surface area contributed by atoms with Gasteiger partial charge in [-0.3, -0.25) is 19.6 Å². The van der Waals surface area contributed by atoms with E-state index in [1.54, 1.807) is 6.07 Å². The Balaban J connectivity index is 1.26. The van der Waals surface area contributed by atoms with Crippen LogP contribution in [0.1, 0.15) is 58.7 Å². The van der Waals surface area contributed by atoms with E-state index in [-0.39, 0.29) is 23.4 Å². The van der Waals surface area contributed by atoms with Gasteiger partial charge >= 0.3 is 0 Å². The molecule has 5 rings (SSSR count). The monoisotopic (exact) mass is 471 g/mol. The quantitative estimate of drug-likeness (QED) is 0.363. The third kappa shape index (κ3) is 4.97. The summed E-state index contributed by atoms with van der Waals surface area (Å²) < 4.78 is 5.79. The minimum atomic E-state index is -0.588. The smallest absolute Gasteiger partial charge is 0.287 e. The van der Waals surface area contributed by atoms with Crippen LogP contribution in [0, 0.1) is 0 Å². The first-order valence-corrected chi connectivity index (χ1v) is 11.9. The summed E-state index contributed by atoms with van der Waals surface area (Å²) in [5.74, 6) is -0.264. The van der Waals surface area contributed by atoms with E-state index in [0.29, 0.717) is 16.7 Å². The molecule has 1 aliphatic rings. The van der Waals surface area contributed by atoms with Crippen LogP contribution in [0.4, 0.5) is 5.82 Å². The van der Waals surface area contributed by atoms with Gasteiger partial charge < -0.3 is 15.1 Å². The van der Waals surface area contributed by atoms with Crippen molar-refractivity contribution >= 4 is 28.7 Å². The normalized spacial score (nSPS) is 14.3. The van der Waals surface area contributed by atoms with Gasteiger partial charge in [-0.15, -0.1) is 0 Å². The highest BCUT2D eigenvalue weighted by molar-refractivity contribution is 6.07. The molecule has 180 valence electrons. The van der Waals surface area contributed by atoms with Crippen LogP contribution in [0.2, 0.25) is 0 Å². The second kappa shape index (κ2) is 9.38. The number of nitrogens with one attached hydrogen (secondary N) is 3. The molecule has 0 radical (unpaired) electrons. The van der Waals surface area contributed by atoms with Crippen LogP contribution >= 0.6 is 0 Å². The Hall–Kier alpha value is -3.91. The van der Waals surface area contributed by atoms with Gasteiger partial charge in [0.2, 0.25) is 0 Å². The molecular weight excluding hydrogens is 442 g/mol. The number of anilines is 1. The summed E-state index contributed by atoms with van der Waals surface area (Å²) in [5, 5.41) is 12.7. The molecule has 2 aromatic heterocycles. The maximum absolute atomic E-state index is 12.9. The Morgan fingerprint density at radius 1 is 1.03 bits per heavy atom. The van der Waals surface area contributed by atoms with Crippen molar-refractivity contribution in [1.82, 2.24) is 20.4 Å². The van der Waals surface area contributed by atoms with Crippen LogP contribution < -0.4 is 10.6 Å². The molecule has 0 spiro atoms. The van der Waals surface area contributed by atoms with E-state index in [2.05, 4.69) is 25.7 Å². The van der Waals surface area contributed by atoms with E-state index in [9.17, 15) is 9.59 Å². The fourth-order valence-electron chi connectivity index (χ4n) is 4.43. The van der Waals surface area contributed by atoms with Crippen molar-refractivity contribution in [3.63, 3.8) is 0 Å². The first-order valence-electron chi connectivity index (χ1n) is 11.9. The van der Waals surface area contributed by atoms with Gasteiger partial charge in [0.05, 0.1) is 5.54 Å². The molecule has 1 fully saturated rings. The number of aromatic amines is 1. The molecule has 2 aromatic carbocycles. The zero-order valence-electron chi connectivity index (χ0n) is 19.9. The summed E-state index contributed by atoms with van der Waals surface area (Å²) >= 11 is 0. The van der Waals surface area contributed by atoms with Gasteiger partial charge in [-0.25, -0.2) is 0 Å². The average Bonchev–Trinajstić information content (AvgIpc) is 3.59. The summed E-state index contributed by atoms with van der Waals surface area (Å²) in [6.45, 7) is 7.02. The molecule has 0 bridgehead atoms. The molecule has 0 unspecified atom stereocenters. The number of fused-ring (bicyclic) bond motifs is 1. The van der Waals surface area contributed by atoms with E-state index in [4.69, 9.17) is 4.42 Å². The maximum atomic E-state index is 12.9. The van der Waals surface area contributed by atoms with E-state index < -0.39 is 5.54 Å². The highest BCUT2D eigenvalue weighted by atomic mass is 16.3. The second-order valence-electron chi connectivity index (χ2n) is 9.51. The molecular formula is C27H29N5O3. The number of furan rings is 1. The van der Waals surface area contributed by atoms with Gasteiger partial charge in [0.25, 0.3) is 11.8 Å². The molecule has 8 heteroatoms. The van der Waals surface area contributed by atoms with Crippen molar-refractivity contribution in [2.45, 2.75) is 38.8 Å². The Bertz CT molecular complexity index is 1330. The zero-order valence-corrected chi connectivity index (χ0v) is 19.9. The maximum Gasteiger partial charge on any atom is 0.287 e. The van der Waals surface area contributed by atoms with Gasteiger partial charge in [-0.05, 0) is 63.0 Å². The van der Waals surface area contributed by atoms with E-state index in [0.717, 1.165) is 25.2 Å². The molecule has 4 aromatic rings. The fourth-order valence-corrected chi connectivity index (χ4v) is 4.43. The van der Waals surface area contributed by atoms with E-state index in [1.165, 1.54) is 18.4 Å². The van der Waals surface area contributed by atoms with Crippen molar-refractivity contribution in [1.29, 1.82) is 0 Å². The number of H-pyrrole nitrogens is 1. The first-order chi connectivity index (χ1) is 16.9. The predicted octanol–water partition coefficient (Wildman–Crippen LogP) is 4.67. The number of carbonyl (C=O) groups excluding carboxylic acids is 2. The molecule has 8 nitrogen and oxygen atoms in total. The predicted molar refractivity (Wildman–Crippen MR) is 134 cm³/mol. The number of hydrogen-bond donors (Lipinski definition) is 3. The number of carbonyl (C=O) groups is 2. The highest BCUT2D eigenvalue weighted by Gasteiger charge is 2.26. The standard InChI is InChI=1S/C27H29N5O3/c1-27(2,20-8-4-3-5-9-20)29-26(34)22-16-21-23(35-22)24(31-30-21)28-25(33)19-12-10-18(11-13-19)17-32-14-6-7-15-32/h3-5,8-13,16H,6-7,14-15,17H2,1-2H3,(H,29,34)(H2,28,30,31,33). The van der Waals surface area contributed by atoms with Gasteiger partial charge in [-0.2, -0.15) is 5.10 Å². The molecule has 1 aliphatic heterocycles. The highest BCUT2D eigenvalue weighted by Crippen LogP contribution is 2.26. The molecule has 3 N–H and O–H groups in total. The Morgan fingerprint density at radius 3 is 2.46 bits per heavy atom. The number of likely N-dealkylation sites (tertiary alicyclic amines) is 1. The summed E-state index contributed by atoms with van der Waals surface area (Å²) in [5.41, 5.74) is 2.96. The minimum absolute atomic E-state index is 0.138. The number of aromatic nitrogens is 2. The number of hydrogen-bond acceptors (Lipinski definition) is 5. The third-order valence-corrected chi connectivity index (χ3v) is 6.43. The van der Waals surface area contributed by atoms with Crippen LogP contribution in [-0.2, 0) is 12.1 Å². The van der Waals surface area contributed by atoms with Crippen molar-refractivity contribution in [3.05, 3.63) is 83.1 Å². The SMILES string of the molecule is CC(C)(NC(=O)c1cc2[nH]nc(NC(=O)c3ccc(CN4CCCC4)cc3)c2o1)c1ccccc1. The molecule has 1 saturated heterocycles. The third-order valence-electron chi connectivity index (χ3n) is 6.43. The Kier molecular flexibility index (Phi) is 6.13. The minimum Gasteiger partial charge on any atom is -0.445 e. The van der Waals surface area contributed by atoms with Crippen LogP contribution in [0.5, 0.6) is 0 Å². The van der Waals surface area contributed by atoms with Crippen LogP contribution in [0.25, 0.3) is 11.1 Å². The van der Waals surface area contributed by atoms with Crippen LogP contribution in [-0.4, -0.2) is 40.0 Å². The summed E-state index contributed by atoms with van der Waals surface area (Å²) in [7, 11) is 0. The molecule has 0 atom stereocenters. The Labute approximate surface area is 203 Å². The van der Waals surface area contributed by atoms with Gasteiger partial charge in [0.1, 0.15) is 5.52 Å². The van der Waals surface area contributed by atoms with Crippen molar-refractivity contribution in [3.8, 4) is 0 Å². The second-order valence-corrected chi connectivity index (χ2v) is 9.51. The fraction of sp³-hybridized carbons (Fsp3) is 0.296. The summed E-state index contributed by atoms with van der Waals surface area (Å²) in [4.78, 5) is 28.1. The first kappa shape index (κ1) is 22.9. The van der Waals surface area contributed by atoms with E-state index >= 15 is 0 Å². The average molecular weight is 472 g/mol. The lowest BCUT2D eigenvalue weighted by atomic mass is 9.94. The van der Waals surface area contributed by atoms with Crippen LogP contribution in [0.15, 0.2) is 65.1 Å². The molecule has 0 saturated carbocycles. The lowest BCUT2D eigenvalue weighted by Gasteiger charge is -2.26. The number of benzene rings is 2. The van der Waals surface area contributed by atoms with Crippen molar-refractivity contribution in [2.75, 3.05) is 18.4 Å². The van der Waals surface area contributed by atoms with Gasteiger partial charge in [-0.1, -0.05) is 42.5 Å². The zero-order chi connectivity index (χ0) is 24.4. The van der Waals surface area contributed by atoms with Gasteiger partial charge in [0.15, 0.2) is 17.2 Å². The number of rotatable bonds is 7. The number of nitrogens with zero attached hydrogens (tertiary/aromatic N) is 2. The summed E-state index contributed by atoms with van der Waals surface area (Å²) in [6.07, 6.45) is 2.50. The molecule has 3 heterocycles. The van der Waals surface area contributed by atoms with E-state index in [1.807, 2.05) is 68.4 Å². The largest absolute Gasteiger partial charge is 0.445 e. The van der Waals surface area contributed by atoms with Crippen molar-refractivity contribution < 1.29 is 14.0 Å². The van der Waals surface area contributed by atoms with Crippen molar-refractivity contribution in [2.24, 2.45) is 0 Å². The number of amides is 2. The lowest BCUT2D eigenvalue weighted by Crippen LogP contribution is -2.40. The molecule has 2 amide bonds. The molecule has 35 heavy (non-hydrogen) atoms. The summed E-state index contributed by atoms with van der Waals surface area (Å²) in [6, 6.07) is 18.9.